The van der Waals surface area contributed by atoms with Crippen molar-refractivity contribution in [3.05, 3.63) is 89.5 Å². The van der Waals surface area contributed by atoms with Crippen LogP contribution in [0.2, 0.25) is 0 Å². The normalized spacial score (nSPS) is 10.9. The second-order valence-corrected chi connectivity index (χ2v) is 8.04. The molecule has 1 amide bonds. The second kappa shape index (κ2) is 9.23. The van der Waals surface area contributed by atoms with E-state index in [1.165, 1.54) is 11.1 Å². The highest BCUT2D eigenvalue weighted by Gasteiger charge is 2.15. The van der Waals surface area contributed by atoms with Crippen molar-refractivity contribution in [2.45, 2.75) is 27.7 Å². The van der Waals surface area contributed by atoms with Gasteiger partial charge in [0.15, 0.2) is 0 Å². The maximum absolute atomic E-state index is 13.3. The lowest BCUT2D eigenvalue weighted by Crippen LogP contribution is -2.21. The number of fused-ring (bicyclic) bond motifs is 1. The lowest BCUT2D eigenvalue weighted by molar-refractivity contribution is 0.102. The Morgan fingerprint density at radius 2 is 1.59 bits per heavy atom. The van der Waals surface area contributed by atoms with Crippen molar-refractivity contribution in [3.63, 3.8) is 0 Å². The number of carbonyl (C=O) groups is 1. The van der Waals surface area contributed by atoms with Gasteiger partial charge in [-0.1, -0.05) is 30.3 Å². The zero-order valence-corrected chi connectivity index (χ0v) is 19.1. The lowest BCUT2D eigenvalue weighted by atomic mass is 10.0. The summed E-state index contributed by atoms with van der Waals surface area (Å²) in [6.07, 6.45) is 0. The summed E-state index contributed by atoms with van der Waals surface area (Å²) in [5, 5.41) is 3.91. The molecule has 162 valence electrons. The largest absolute Gasteiger partial charge is 0.372 e. The van der Waals surface area contributed by atoms with Crippen molar-refractivity contribution in [1.82, 2.24) is 4.98 Å². The molecule has 32 heavy (non-hydrogen) atoms. The monoisotopic (exact) mass is 423 g/mol. The highest BCUT2D eigenvalue weighted by atomic mass is 16.1. The molecule has 1 heterocycles. The van der Waals surface area contributed by atoms with Crippen LogP contribution >= 0.6 is 0 Å². The van der Waals surface area contributed by atoms with Gasteiger partial charge < -0.3 is 10.2 Å². The lowest BCUT2D eigenvalue weighted by Gasteiger charge is -2.21. The fourth-order valence-corrected chi connectivity index (χ4v) is 3.95. The number of pyridine rings is 1. The molecule has 0 saturated heterocycles. The number of aryl methyl sites for hydroxylation is 2. The highest BCUT2D eigenvalue weighted by molar-refractivity contribution is 6.13. The molecule has 0 radical (unpaired) electrons. The Kier molecular flexibility index (Phi) is 6.22. The van der Waals surface area contributed by atoms with Gasteiger partial charge in [-0.05, 0) is 81.3 Å². The van der Waals surface area contributed by atoms with E-state index in [2.05, 4.69) is 56.1 Å². The molecule has 1 aromatic heterocycles. The molecule has 1 N–H and O–H groups in total. The Balaban J connectivity index is 1.69. The van der Waals surface area contributed by atoms with Crippen LogP contribution in [-0.4, -0.2) is 24.0 Å². The van der Waals surface area contributed by atoms with E-state index in [1.54, 1.807) is 0 Å². The number of para-hydroxylation sites is 1. The van der Waals surface area contributed by atoms with E-state index in [1.807, 2.05) is 54.6 Å². The third kappa shape index (κ3) is 4.35. The minimum atomic E-state index is -0.135. The first kappa shape index (κ1) is 21.6. The topological polar surface area (TPSA) is 45.2 Å². The number of nitrogens with one attached hydrogen (secondary N) is 1. The first-order valence-electron chi connectivity index (χ1n) is 11.1. The number of benzene rings is 3. The Bertz CT molecular complexity index is 1260. The van der Waals surface area contributed by atoms with Crippen molar-refractivity contribution in [2.75, 3.05) is 23.3 Å². The van der Waals surface area contributed by atoms with Gasteiger partial charge in [0.05, 0.1) is 16.8 Å². The van der Waals surface area contributed by atoms with Gasteiger partial charge in [-0.3, -0.25) is 4.79 Å². The number of hydrogen-bond acceptors (Lipinski definition) is 3. The summed E-state index contributed by atoms with van der Waals surface area (Å²) in [5.41, 5.74) is 7.61. The van der Waals surface area contributed by atoms with E-state index >= 15 is 0 Å². The molecule has 0 atom stereocenters. The van der Waals surface area contributed by atoms with Crippen molar-refractivity contribution in [1.29, 1.82) is 0 Å². The first-order chi connectivity index (χ1) is 15.5. The molecule has 0 unspecified atom stereocenters. The van der Waals surface area contributed by atoms with E-state index < -0.39 is 0 Å². The summed E-state index contributed by atoms with van der Waals surface area (Å²) >= 11 is 0. The average molecular weight is 424 g/mol. The van der Waals surface area contributed by atoms with E-state index in [9.17, 15) is 4.79 Å². The molecule has 0 aliphatic rings. The van der Waals surface area contributed by atoms with E-state index in [4.69, 9.17) is 4.98 Å². The zero-order chi connectivity index (χ0) is 22.7. The van der Waals surface area contributed by atoms with Crippen LogP contribution in [-0.2, 0) is 0 Å². The Morgan fingerprint density at radius 3 is 2.28 bits per heavy atom. The number of carbonyl (C=O) groups excluding carboxylic acids is 1. The van der Waals surface area contributed by atoms with E-state index in [0.717, 1.165) is 46.6 Å². The van der Waals surface area contributed by atoms with Gasteiger partial charge >= 0.3 is 0 Å². The summed E-state index contributed by atoms with van der Waals surface area (Å²) in [4.78, 5) is 20.4. The average Bonchev–Trinajstić information content (AvgIpc) is 2.82. The van der Waals surface area contributed by atoms with Crippen molar-refractivity contribution >= 4 is 28.2 Å². The van der Waals surface area contributed by atoms with Gasteiger partial charge in [0.1, 0.15) is 0 Å². The number of rotatable bonds is 6. The molecular weight excluding hydrogens is 394 g/mol. The molecule has 4 nitrogen and oxygen atoms in total. The fourth-order valence-electron chi connectivity index (χ4n) is 3.95. The molecule has 4 aromatic rings. The zero-order valence-electron chi connectivity index (χ0n) is 19.1. The molecular formula is C28H29N3O. The van der Waals surface area contributed by atoms with Crippen molar-refractivity contribution in [2.24, 2.45) is 0 Å². The van der Waals surface area contributed by atoms with Gasteiger partial charge in [-0.2, -0.15) is 0 Å². The van der Waals surface area contributed by atoms with Gasteiger partial charge in [-0.25, -0.2) is 4.98 Å². The fraction of sp³-hybridized carbons (Fsp3) is 0.214. The van der Waals surface area contributed by atoms with Crippen LogP contribution in [0.25, 0.3) is 22.2 Å². The molecule has 0 aliphatic carbocycles. The van der Waals surface area contributed by atoms with Crippen molar-refractivity contribution < 1.29 is 4.79 Å². The predicted molar refractivity (Wildman–Crippen MR) is 135 cm³/mol. The molecule has 0 bridgehead atoms. The SMILES string of the molecule is CCN(CC)c1ccc(NC(=O)c2cc(-c3ccc(C)c(C)c3)nc3ccccc23)cc1. The van der Waals surface area contributed by atoms with Gasteiger partial charge in [0.25, 0.3) is 5.91 Å². The smallest absolute Gasteiger partial charge is 0.256 e. The minimum absolute atomic E-state index is 0.135. The Hall–Kier alpha value is -3.66. The van der Waals surface area contributed by atoms with Crippen LogP contribution in [0, 0.1) is 13.8 Å². The van der Waals surface area contributed by atoms with Crippen LogP contribution in [0.5, 0.6) is 0 Å². The molecule has 4 rings (SSSR count). The van der Waals surface area contributed by atoms with Crippen LogP contribution in [0.1, 0.15) is 35.3 Å². The number of hydrogen-bond donors (Lipinski definition) is 1. The van der Waals surface area contributed by atoms with Crippen LogP contribution in [0.3, 0.4) is 0 Å². The summed E-state index contributed by atoms with van der Waals surface area (Å²) in [6.45, 7) is 10.4. The number of anilines is 2. The number of nitrogens with zero attached hydrogens (tertiary/aromatic N) is 2. The molecule has 0 fully saturated rings. The molecule has 0 spiro atoms. The molecule has 3 aromatic carbocycles. The molecule has 0 saturated carbocycles. The maximum Gasteiger partial charge on any atom is 0.256 e. The number of aromatic nitrogens is 1. The summed E-state index contributed by atoms with van der Waals surface area (Å²) in [5.74, 6) is -0.135. The third-order valence-corrected chi connectivity index (χ3v) is 6.02. The molecule has 4 heteroatoms. The Morgan fingerprint density at radius 1 is 0.875 bits per heavy atom. The minimum Gasteiger partial charge on any atom is -0.372 e. The highest BCUT2D eigenvalue weighted by Crippen LogP contribution is 2.27. The second-order valence-electron chi connectivity index (χ2n) is 8.04. The predicted octanol–water partition coefficient (Wildman–Crippen LogP) is 6.62. The first-order valence-corrected chi connectivity index (χ1v) is 11.1. The number of amides is 1. The van der Waals surface area contributed by atoms with E-state index in [0.29, 0.717) is 5.56 Å². The third-order valence-electron chi connectivity index (χ3n) is 6.02. The standard InChI is InChI=1S/C28H29N3O/c1-5-31(6-2)23-15-13-22(14-16-23)29-28(32)25-18-27(21-12-11-19(3)20(4)17-21)30-26-10-8-7-9-24(25)26/h7-18H,5-6H2,1-4H3,(H,29,32). The van der Waals surface area contributed by atoms with Crippen molar-refractivity contribution in [3.8, 4) is 11.3 Å². The van der Waals surface area contributed by atoms with Crippen LogP contribution in [0.15, 0.2) is 72.8 Å². The molecule has 0 aliphatic heterocycles. The summed E-state index contributed by atoms with van der Waals surface area (Å²) in [7, 11) is 0. The quantitative estimate of drug-likeness (QED) is 0.379. The van der Waals surface area contributed by atoms with Crippen LogP contribution < -0.4 is 10.2 Å². The van der Waals surface area contributed by atoms with Gasteiger partial charge in [0.2, 0.25) is 0 Å². The summed E-state index contributed by atoms with van der Waals surface area (Å²) < 4.78 is 0. The maximum atomic E-state index is 13.3. The Labute approximate surface area is 189 Å². The van der Waals surface area contributed by atoms with Gasteiger partial charge in [-0.15, -0.1) is 0 Å². The summed E-state index contributed by atoms with van der Waals surface area (Å²) in [6, 6.07) is 24.0. The van der Waals surface area contributed by atoms with Crippen LogP contribution in [0.4, 0.5) is 11.4 Å². The van der Waals surface area contributed by atoms with Gasteiger partial charge in [0, 0.05) is 35.4 Å². The van der Waals surface area contributed by atoms with E-state index in [-0.39, 0.29) is 5.91 Å².